The highest BCUT2D eigenvalue weighted by Crippen LogP contribution is 2.22. The Bertz CT molecular complexity index is 652. The fraction of sp³-hybridized carbons (Fsp3) is 0.636. The molecule has 156 valence electrons. The van der Waals surface area contributed by atoms with Crippen molar-refractivity contribution in [3.05, 3.63) is 29.3 Å². The molecule has 0 aliphatic carbocycles. The molecular weight excluding hydrogens is 352 g/mol. The summed E-state index contributed by atoms with van der Waals surface area (Å²) in [6.45, 7) is 13.8. The van der Waals surface area contributed by atoms with E-state index in [0.717, 1.165) is 44.2 Å². The number of nitrogens with one attached hydrogen (secondary N) is 2. The molecule has 1 unspecified atom stereocenters. The zero-order chi connectivity index (χ0) is 20.5. The molecule has 0 spiro atoms. The fourth-order valence-corrected chi connectivity index (χ4v) is 3.41. The zero-order valence-corrected chi connectivity index (χ0v) is 18.0. The van der Waals surface area contributed by atoms with Crippen LogP contribution < -0.4 is 15.4 Å². The van der Waals surface area contributed by atoms with Gasteiger partial charge < -0.3 is 20.3 Å². The van der Waals surface area contributed by atoms with E-state index in [-0.39, 0.29) is 17.9 Å². The molecular formula is C22H36N4O2. The molecule has 0 radical (unpaired) electrons. The minimum absolute atomic E-state index is 0.0533. The van der Waals surface area contributed by atoms with Crippen molar-refractivity contribution in [2.75, 3.05) is 32.8 Å². The van der Waals surface area contributed by atoms with Crippen LogP contribution in [0.15, 0.2) is 23.2 Å². The first-order valence-corrected chi connectivity index (χ1v) is 10.4. The first-order chi connectivity index (χ1) is 13.4. The van der Waals surface area contributed by atoms with Crippen molar-refractivity contribution < 1.29 is 9.53 Å². The molecule has 1 amide bonds. The number of guanidine groups is 1. The van der Waals surface area contributed by atoms with Gasteiger partial charge in [0.2, 0.25) is 5.91 Å². The molecule has 6 nitrogen and oxygen atoms in total. The number of carbonyl (C=O) groups excluding carboxylic acids is 1. The lowest BCUT2D eigenvalue weighted by Gasteiger charge is -2.20. The Morgan fingerprint density at radius 1 is 1.32 bits per heavy atom. The molecule has 1 saturated heterocycles. The van der Waals surface area contributed by atoms with E-state index in [9.17, 15) is 4.79 Å². The smallest absolute Gasteiger partial charge is 0.225 e. The van der Waals surface area contributed by atoms with Gasteiger partial charge in [-0.05, 0) is 38.3 Å². The van der Waals surface area contributed by atoms with Crippen LogP contribution in [0.1, 0.15) is 44.7 Å². The van der Waals surface area contributed by atoms with Crippen LogP contribution in [-0.4, -0.2) is 55.6 Å². The number of likely N-dealkylation sites (tertiary alicyclic amines) is 1. The van der Waals surface area contributed by atoms with Crippen LogP contribution in [0.25, 0.3) is 0 Å². The van der Waals surface area contributed by atoms with E-state index in [1.807, 2.05) is 18.7 Å². The largest absolute Gasteiger partial charge is 0.493 e. The average molecular weight is 389 g/mol. The summed E-state index contributed by atoms with van der Waals surface area (Å²) in [4.78, 5) is 18.8. The second-order valence-corrected chi connectivity index (χ2v) is 7.75. The molecule has 1 aliphatic rings. The van der Waals surface area contributed by atoms with Crippen LogP contribution >= 0.6 is 0 Å². The van der Waals surface area contributed by atoms with Crippen molar-refractivity contribution >= 4 is 11.9 Å². The van der Waals surface area contributed by atoms with Crippen molar-refractivity contribution in [3.8, 4) is 5.75 Å². The molecule has 0 aromatic heterocycles. The molecule has 0 bridgehead atoms. The van der Waals surface area contributed by atoms with Gasteiger partial charge in [-0.1, -0.05) is 32.0 Å². The molecule has 1 fully saturated rings. The van der Waals surface area contributed by atoms with Gasteiger partial charge in [0.15, 0.2) is 5.96 Å². The fourth-order valence-electron chi connectivity index (χ4n) is 3.41. The Kier molecular flexibility index (Phi) is 8.61. The van der Waals surface area contributed by atoms with Gasteiger partial charge in [0.25, 0.3) is 0 Å². The number of hydrogen-bond acceptors (Lipinski definition) is 3. The average Bonchev–Trinajstić information content (AvgIpc) is 3.11. The lowest BCUT2D eigenvalue weighted by atomic mass is 10.1. The normalized spacial score (nSPS) is 17.1. The predicted molar refractivity (Wildman–Crippen MR) is 115 cm³/mol. The summed E-state index contributed by atoms with van der Waals surface area (Å²) in [6, 6.07) is 6.45. The second-order valence-electron chi connectivity index (χ2n) is 7.75. The zero-order valence-electron chi connectivity index (χ0n) is 18.0. The molecule has 1 aromatic rings. The molecule has 1 aromatic carbocycles. The topological polar surface area (TPSA) is 66.0 Å². The Morgan fingerprint density at radius 3 is 2.68 bits per heavy atom. The standard InChI is InChI=1S/C22H36N4O2/c1-6-23-22(25-19-11-13-26(15-19)21(27)16(2)3)24-12-8-14-28-20-17(4)9-7-10-18(20)5/h7,9-10,16,19H,6,8,11-15H2,1-5H3,(H2,23,24,25). The molecule has 1 aliphatic heterocycles. The number of aliphatic imine (C=N–C) groups is 1. The van der Waals surface area contributed by atoms with Gasteiger partial charge in [0.1, 0.15) is 5.75 Å². The first kappa shape index (κ1) is 22.1. The third kappa shape index (κ3) is 6.43. The van der Waals surface area contributed by atoms with E-state index in [4.69, 9.17) is 4.74 Å². The van der Waals surface area contributed by atoms with Crippen molar-refractivity contribution in [1.82, 2.24) is 15.5 Å². The van der Waals surface area contributed by atoms with Gasteiger partial charge in [-0.3, -0.25) is 9.79 Å². The number of para-hydroxylation sites is 1. The first-order valence-electron chi connectivity index (χ1n) is 10.4. The summed E-state index contributed by atoms with van der Waals surface area (Å²) >= 11 is 0. The second kappa shape index (κ2) is 10.9. The van der Waals surface area contributed by atoms with E-state index in [2.05, 4.69) is 54.6 Å². The number of ether oxygens (including phenoxy) is 1. The van der Waals surface area contributed by atoms with E-state index in [0.29, 0.717) is 13.2 Å². The summed E-state index contributed by atoms with van der Waals surface area (Å²) in [5, 5.41) is 6.77. The summed E-state index contributed by atoms with van der Waals surface area (Å²) in [7, 11) is 0. The highest BCUT2D eigenvalue weighted by atomic mass is 16.5. The monoisotopic (exact) mass is 388 g/mol. The minimum Gasteiger partial charge on any atom is -0.493 e. The quantitative estimate of drug-likeness (QED) is 0.408. The maximum atomic E-state index is 12.1. The lowest BCUT2D eigenvalue weighted by Crippen LogP contribution is -2.45. The number of amides is 1. The summed E-state index contributed by atoms with van der Waals surface area (Å²) in [5.74, 6) is 2.09. The van der Waals surface area contributed by atoms with Crippen molar-refractivity contribution in [1.29, 1.82) is 0 Å². The Morgan fingerprint density at radius 2 is 2.04 bits per heavy atom. The predicted octanol–water partition coefficient (Wildman–Crippen LogP) is 2.88. The number of benzene rings is 1. The van der Waals surface area contributed by atoms with Gasteiger partial charge >= 0.3 is 0 Å². The van der Waals surface area contributed by atoms with Gasteiger partial charge in [-0.25, -0.2) is 0 Å². The maximum absolute atomic E-state index is 12.1. The Hall–Kier alpha value is -2.24. The third-order valence-electron chi connectivity index (χ3n) is 4.91. The van der Waals surface area contributed by atoms with Gasteiger partial charge in [0.05, 0.1) is 6.61 Å². The molecule has 0 saturated carbocycles. The number of aryl methyl sites for hydroxylation is 2. The maximum Gasteiger partial charge on any atom is 0.225 e. The van der Waals surface area contributed by atoms with Crippen molar-refractivity contribution in [3.63, 3.8) is 0 Å². The SMILES string of the molecule is CCNC(=NCCCOc1c(C)cccc1C)NC1CCN(C(=O)C(C)C)C1. The molecule has 6 heteroatoms. The van der Waals surface area contributed by atoms with Crippen LogP contribution in [-0.2, 0) is 4.79 Å². The highest BCUT2D eigenvalue weighted by Gasteiger charge is 2.27. The van der Waals surface area contributed by atoms with Crippen LogP contribution in [0.3, 0.4) is 0 Å². The molecule has 1 atom stereocenters. The number of rotatable bonds is 8. The van der Waals surface area contributed by atoms with Crippen LogP contribution in [0, 0.1) is 19.8 Å². The van der Waals surface area contributed by atoms with Crippen LogP contribution in [0.4, 0.5) is 0 Å². The Labute approximate surface area is 169 Å². The minimum atomic E-state index is 0.0533. The number of hydrogen-bond donors (Lipinski definition) is 2. The van der Waals surface area contributed by atoms with E-state index in [1.165, 1.54) is 11.1 Å². The van der Waals surface area contributed by atoms with E-state index in [1.54, 1.807) is 0 Å². The van der Waals surface area contributed by atoms with Crippen LogP contribution in [0.5, 0.6) is 5.75 Å². The molecule has 1 heterocycles. The number of carbonyl (C=O) groups is 1. The van der Waals surface area contributed by atoms with E-state index >= 15 is 0 Å². The van der Waals surface area contributed by atoms with Gasteiger partial charge in [-0.2, -0.15) is 0 Å². The highest BCUT2D eigenvalue weighted by molar-refractivity contribution is 5.81. The van der Waals surface area contributed by atoms with Crippen molar-refractivity contribution in [2.45, 2.75) is 53.5 Å². The summed E-state index contributed by atoms with van der Waals surface area (Å²) in [6.07, 6.45) is 1.81. The van der Waals surface area contributed by atoms with Gasteiger partial charge in [-0.15, -0.1) is 0 Å². The summed E-state index contributed by atoms with van der Waals surface area (Å²) in [5.41, 5.74) is 2.33. The molecule has 28 heavy (non-hydrogen) atoms. The molecule has 2 N–H and O–H groups in total. The van der Waals surface area contributed by atoms with Crippen LogP contribution in [0.2, 0.25) is 0 Å². The molecule has 2 rings (SSSR count). The Balaban J connectivity index is 1.78. The summed E-state index contributed by atoms with van der Waals surface area (Å²) < 4.78 is 5.95. The van der Waals surface area contributed by atoms with E-state index < -0.39 is 0 Å². The third-order valence-corrected chi connectivity index (χ3v) is 4.91. The van der Waals surface area contributed by atoms with Crippen molar-refractivity contribution in [2.24, 2.45) is 10.9 Å². The lowest BCUT2D eigenvalue weighted by molar-refractivity contribution is -0.133. The number of nitrogens with zero attached hydrogens (tertiary/aromatic N) is 2. The van der Waals surface area contributed by atoms with Gasteiger partial charge in [0, 0.05) is 44.6 Å².